The van der Waals surface area contributed by atoms with Crippen molar-refractivity contribution in [1.82, 2.24) is 10.3 Å². The van der Waals surface area contributed by atoms with Gasteiger partial charge in [-0.2, -0.15) is 0 Å². The van der Waals surface area contributed by atoms with E-state index < -0.39 is 0 Å². The fraction of sp³-hybridized carbons (Fsp3) is 0.765. The number of hydrogen-bond acceptors (Lipinski definition) is 4. The Labute approximate surface area is 141 Å². The molecule has 1 aromatic rings. The van der Waals surface area contributed by atoms with Gasteiger partial charge in [0.05, 0.1) is 6.20 Å². The van der Waals surface area contributed by atoms with E-state index in [1.54, 1.807) is 18.0 Å². The van der Waals surface area contributed by atoms with E-state index in [0.29, 0.717) is 0 Å². The topological polar surface area (TPSA) is 42.0 Å². The van der Waals surface area contributed by atoms with Crippen LogP contribution in [0.15, 0.2) is 10.5 Å². The summed E-state index contributed by atoms with van der Waals surface area (Å²) in [5, 5.41) is 3.04. The van der Waals surface area contributed by atoms with Crippen molar-refractivity contribution in [2.75, 3.05) is 12.3 Å². The highest BCUT2D eigenvalue weighted by Gasteiger charge is 2.40. The lowest BCUT2D eigenvalue weighted by Gasteiger charge is -2.14. The van der Waals surface area contributed by atoms with Crippen LogP contribution in [0.3, 0.4) is 0 Å². The molecule has 2 saturated carbocycles. The molecule has 2 bridgehead atoms. The smallest absolute Gasteiger partial charge is 0.263 e. The van der Waals surface area contributed by atoms with Crippen LogP contribution in [-0.4, -0.2) is 23.2 Å². The highest BCUT2D eigenvalue weighted by Crippen LogP contribution is 2.51. The average Bonchev–Trinajstić information content (AvgIpc) is 3.23. The van der Waals surface area contributed by atoms with E-state index in [4.69, 9.17) is 0 Å². The molecule has 2 aliphatic rings. The van der Waals surface area contributed by atoms with Gasteiger partial charge in [0.1, 0.15) is 4.88 Å². The van der Waals surface area contributed by atoms with E-state index in [0.717, 1.165) is 45.7 Å². The summed E-state index contributed by atoms with van der Waals surface area (Å²) in [6, 6.07) is 0. The molecule has 3 nitrogen and oxygen atoms in total. The molecule has 2 fully saturated rings. The van der Waals surface area contributed by atoms with Crippen LogP contribution >= 0.6 is 23.1 Å². The summed E-state index contributed by atoms with van der Waals surface area (Å²) in [6.07, 6.45) is 11.4. The van der Waals surface area contributed by atoms with Crippen molar-refractivity contribution in [1.29, 1.82) is 0 Å². The lowest BCUT2D eigenvalue weighted by molar-refractivity contribution is 0.0956. The fourth-order valence-electron chi connectivity index (χ4n) is 4.20. The lowest BCUT2D eigenvalue weighted by atomic mass is 9.92. The third kappa shape index (κ3) is 3.85. The molecular formula is C17H26N2OS2. The maximum absolute atomic E-state index is 12.0. The van der Waals surface area contributed by atoms with E-state index in [2.05, 4.69) is 17.2 Å². The minimum Gasteiger partial charge on any atom is -0.351 e. The Bertz CT molecular complexity index is 483. The monoisotopic (exact) mass is 338 g/mol. The van der Waals surface area contributed by atoms with Crippen molar-refractivity contribution in [3.05, 3.63) is 11.1 Å². The molecule has 1 aromatic heterocycles. The first kappa shape index (κ1) is 16.3. The van der Waals surface area contributed by atoms with E-state index in [1.807, 2.05) is 0 Å². The van der Waals surface area contributed by atoms with Gasteiger partial charge in [-0.15, -0.1) is 11.3 Å². The molecule has 0 unspecified atom stereocenters. The minimum atomic E-state index is 0.0430. The van der Waals surface area contributed by atoms with Crippen LogP contribution in [0.25, 0.3) is 0 Å². The fourth-order valence-corrected chi connectivity index (χ4v) is 6.00. The number of thioether (sulfide) groups is 1. The van der Waals surface area contributed by atoms with Gasteiger partial charge in [-0.25, -0.2) is 4.98 Å². The third-order valence-corrected chi connectivity index (χ3v) is 7.29. The molecule has 0 spiro atoms. The quantitative estimate of drug-likeness (QED) is 0.557. The summed E-state index contributed by atoms with van der Waals surface area (Å²) in [4.78, 5) is 17.1. The van der Waals surface area contributed by atoms with Crippen LogP contribution < -0.4 is 5.32 Å². The number of amides is 1. The molecule has 0 atom stereocenters. The number of aromatic nitrogens is 1. The van der Waals surface area contributed by atoms with Gasteiger partial charge in [0.2, 0.25) is 0 Å². The molecule has 5 heteroatoms. The Morgan fingerprint density at radius 2 is 2.05 bits per heavy atom. The molecule has 1 N–H and O–H groups in total. The molecule has 3 rings (SSSR count). The van der Waals surface area contributed by atoms with Crippen molar-refractivity contribution < 1.29 is 4.79 Å². The number of thiazole rings is 1. The molecule has 1 heterocycles. The number of carbonyl (C=O) groups excluding carboxylic acids is 1. The SMILES string of the molecule is CCSc1ncc(C(=O)NCCCCC2C3CCC2CC3)s1. The Kier molecular flexibility index (Phi) is 5.80. The van der Waals surface area contributed by atoms with Gasteiger partial charge in [-0.05, 0) is 62.0 Å². The summed E-state index contributed by atoms with van der Waals surface area (Å²) in [6.45, 7) is 2.90. The lowest BCUT2D eigenvalue weighted by Crippen LogP contribution is -2.23. The molecule has 0 saturated heterocycles. The summed E-state index contributed by atoms with van der Waals surface area (Å²) in [7, 11) is 0. The van der Waals surface area contributed by atoms with Crippen LogP contribution in [0, 0.1) is 17.8 Å². The van der Waals surface area contributed by atoms with Crippen molar-refractivity contribution in [3.8, 4) is 0 Å². The highest BCUT2D eigenvalue weighted by molar-refractivity contribution is 8.01. The largest absolute Gasteiger partial charge is 0.351 e. The van der Waals surface area contributed by atoms with Crippen molar-refractivity contribution in [2.45, 2.75) is 56.2 Å². The molecular weight excluding hydrogens is 312 g/mol. The van der Waals surface area contributed by atoms with Gasteiger partial charge in [0.25, 0.3) is 5.91 Å². The maximum atomic E-state index is 12.0. The van der Waals surface area contributed by atoms with Gasteiger partial charge in [-0.3, -0.25) is 4.79 Å². The van der Waals surface area contributed by atoms with E-state index in [9.17, 15) is 4.79 Å². The molecule has 122 valence electrons. The van der Waals surface area contributed by atoms with Gasteiger partial charge < -0.3 is 5.32 Å². The Morgan fingerprint density at radius 3 is 2.73 bits per heavy atom. The maximum Gasteiger partial charge on any atom is 0.263 e. The first-order valence-electron chi connectivity index (χ1n) is 8.64. The predicted molar refractivity (Wildman–Crippen MR) is 93.6 cm³/mol. The van der Waals surface area contributed by atoms with Crippen molar-refractivity contribution in [2.24, 2.45) is 17.8 Å². The summed E-state index contributed by atoms with van der Waals surface area (Å²) in [5.74, 6) is 4.11. The molecule has 22 heavy (non-hydrogen) atoms. The second-order valence-corrected chi connectivity index (χ2v) is 9.06. The van der Waals surface area contributed by atoms with E-state index in [1.165, 1.54) is 49.9 Å². The van der Waals surface area contributed by atoms with Gasteiger partial charge in [0.15, 0.2) is 4.34 Å². The number of unbranched alkanes of at least 4 members (excludes halogenated alkanes) is 1. The number of nitrogens with zero attached hydrogens (tertiary/aromatic N) is 1. The van der Waals surface area contributed by atoms with Crippen LogP contribution in [0.1, 0.15) is 61.5 Å². The molecule has 0 radical (unpaired) electrons. The number of fused-ring (bicyclic) bond motifs is 2. The minimum absolute atomic E-state index is 0.0430. The van der Waals surface area contributed by atoms with Crippen LogP contribution in [0.4, 0.5) is 0 Å². The summed E-state index contributed by atoms with van der Waals surface area (Å²) in [5.41, 5.74) is 0. The third-order valence-electron chi connectivity index (χ3n) is 5.25. The zero-order chi connectivity index (χ0) is 15.4. The summed E-state index contributed by atoms with van der Waals surface area (Å²) < 4.78 is 0.990. The van der Waals surface area contributed by atoms with Crippen molar-refractivity contribution in [3.63, 3.8) is 0 Å². The van der Waals surface area contributed by atoms with Crippen LogP contribution in [0.2, 0.25) is 0 Å². The zero-order valence-electron chi connectivity index (χ0n) is 13.3. The van der Waals surface area contributed by atoms with Crippen LogP contribution in [-0.2, 0) is 0 Å². The standard InChI is InChI=1S/C17H26N2OS2/c1-2-21-17-19-11-15(22-17)16(20)18-10-4-3-5-14-12-6-7-13(14)9-8-12/h11-14H,2-10H2,1H3,(H,18,20). The Hall–Kier alpha value is -0.550. The second-order valence-electron chi connectivity index (χ2n) is 6.51. The first-order valence-corrected chi connectivity index (χ1v) is 10.4. The number of rotatable bonds is 8. The molecule has 0 aliphatic heterocycles. The number of nitrogens with one attached hydrogen (secondary N) is 1. The first-order chi connectivity index (χ1) is 10.8. The van der Waals surface area contributed by atoms with E-state index in [-0.39, 0.29) is 5.91 Å². The van der Waals surface area contributed by atoms with E-state index >= 15 is 0 Å². The Morgan fingerprint density at radius 1 is 1.32 bits per heavy atom. The summed E-state index contributed by atoms with van der Waals surface area (Å²) >= 11 is 3.19. The number of hydrogen-bond donors (Lipinski definition) is 1. The Balaban J connectivity index is 1.32. The van der Waals surface area contributed by atoms with Gasteiger partial charge in [0, 0.05) is 6.54 Å². The van der Waals surface area contributed by atoms with Gasteiger partial charge >= 0.3 is 0 Å². The van der Waals surface area contributed by atoms with Gasteiger partial charge in [-0.1, -0.05) is 25.1 Å². The van der Waals surface area contributed by atoms with Crippen molar-refractivity contribution >= 4 is 29.0 Å². The second kappa shape index (κ2) is 7.82. The highest BCUT2D eigenvalue weighted by atomic mass is 32.2. The molecule has 0 aromatic carbocycles. The number of carbonyl (C=O) groups is 1. The zero-order valence-corrected chi connectivity index (χ0v) is 15.0. The average molecular weight is 339 g/mol. The van der Waals surface area contributed by atoms with Crippen LogP contribution in [0.5, 0.6) is 0 Å². The predicted octanol–water partition coefficient (Wildman–Crippen LogP) is 4.59. The molecule has 1 amide bonds. The molecule has 2 aliphatic carbocycles. The normalized spacial score (nSPS) is 26.5.